The van der Waals surface area contributed by atoms with Crippen LogP contribution in [0, 0.1) is 11.8 Å². The SMILES string of the molecule is CCNC(=NCc1csc(Br)c1)N1CC2C3CCC(O3)C2C1. The van der Waals surface area contributed by atoms with Crippen molar-refractivity contribution in [2.75, 3.05) is 19.6 Å². The third-order valence-electron chi connectivity index (χ3n) is 5.12. The van der Waals surface area contributed by atoms with Gasteiger partial charge in [-0.15, -0.1) is 11.3 Å². The van der Waals surface area contributed by atoms with Gasteiger partial charge in [0.05, 0.1) is 22.5 Å². The molecule has 3 aliphatic heterocycles. The molecule has 4 nitrogen and oxygen atoms in total. The molecule has 0 aromatic carbocycles. The second-order valence-corrected chi connectivity index (χ2v) is 8.74. The normalized spacial score (nSPS) is 33.5. The van der Waals surface area contributed by atoms with E-state index in [1.807, 2.05) is 0 Å². The lowest BCUT2D eigenvalue weighted by Crippen LogP contribution is -2.41. The molecule has 3 aliphatic rings. The zero-order valence-corrected chi connectivity index (χ0v) is 15.2. The van der Waals surface area contributed by atoms with E-state index in [9.17, 15) is 0 Å². The summed E-state index contributed by atoms with van der Waals surface area (Å²) in [5.74, 6) is 2.51. The average molecular weight is 384 g/mol. The van der Waals surface area contributed by atoms with Gasteiger partial charge in [0.15, 0.2) is 5.96 Å². The molecular weight excluding hydrogens is 362 g/mol. The van der Waals surface area contributed by atoms with Crippen molar-refractivity contribution in [3.8, 4) is 0 Å². The number of nitrogens with one attached hydrogen (secondary N) is 1. The Labute approximate surface area is 144 Å². The van der Waals surface area contributed by atoms with Crippen LogP contribution in [0.15, 0.2) is 20.2 Å². The summed E-state index contributed by atoms with van der Waals surface area (Å²) in [6.45, 7) is 6.01. The third-order valence-corrected chi connectivity index (χ3v) is 6.67. The van der Waals surface area contributed by atoms with Crippen LogP contribution in [0.2, 0.25) is 0 Å². The molecule has 4 atom stereocenters. The van der Waals surface area contributed by atoms with Crippen LogP contribution in [0.5, 0.6) is 0 Å². The molecule has 0 radical (unpaired) electrons. The standard InChI is InChI=1S/C16H22BrN3OS/c1-2-18-16(19-6-10-5-15(17)22-9-10)20-7-11-12(8-20)14-4-3-13(11)21-14/h5,9,11-14H,2-4,6-8H2,1H3,(H,18,19). The molecule has 1 aromatic rings. The van der Waals surface area contributed by atoms with E-state index in [-0.39, 0.29) is 0 Å². The van der Waals surface area contributed by atoms with E-state index < -0.39 is 0 Å². The number of nitrogens with zero attached hydrogens (tertiary/aromatic N) is 2. The van der Waals surface area contributed by atoms with Crippen LogP contribution in [0.3, 0.4) is 0 Å². The molecule has 120 valence electrons. The molecule has 0 amide bonds. The van der Waals surface area contributed by atoms with Crippen molar-refractivity contribution in [2.45, 2.75) is 38.5 Å². The first kappa shape index (κ1) is 15.0. The predicted octanol–water partition coefficient (Wildman–Crippen LogP) is 3.09. The predicted molar refractivity (Wildman–Crippen MR) is 93.3 cm³/mol. The maximum atomic E-state index is 6.07. The summed E-state index contributed by atoms with van der Waals surface area (Å²) in [7, 11) is 0. The summed E-state index contributed by atoms with van der Waals surface area (Å²) in [5.41, 5.74) is 1.27. The van der Waals surface area contributed by atoms with E-state index >= 15 is 0 Å². The van der Waals surface area contributed by atoms with E-state index in [1.54, 1.807) is 11.3 Å². The number of guanidine groups is 1. The van der Waals surface area contributed by atoms with Crippen molar-refractivity contribution >= 4 is 33.2 Å². The minimum absolute atomic E-state index is 0.510. The quantitative estimate of drug-likeness (QED) is 0.643. The Kier molecular flexibility index (Phi) is 4.17. The molecule has 0 aliphatic carbocycles. The van der Waals surface area contributed by atoms with E-state index in [1.165, 1.54) is 22.2 Å². The van der Waals surface area contributed by atoms with Crippen molar-refractivity contribution in [3.63, 3.8) is 0 Å². The van der Waals surface area contributed by atoms with Crippen LogP contribution in [0.25, 0.3) is 0 Å². The number of aliphatic imine (C=N–C) groups is 1. The van der Waals surface area contributed by atoms with Gasteiger partial charge in [0.1, 0.15) is 0 Å². The van der Waals surface area contributed by atoms with Crippen molar-refractivity contribution < 1.29 is 4.74 Å². The molecule has 3 saturated heterocycles. The highest BCUT2D eigenvalue weighted by molar-refractivity contribution is 9.11. The largest absolute Gasteiger partial charge is 0.374 e. The van der Waals surface area contributed by atoms with Crippen molar-refractivity contribution in [1.29, 1.82) is 0 Å². The first-order valence-corrected chi connectivity index (χ1v) is 9.83. The van der Waals surface area contributed by atoms with Crippen LogP contribution in [-0.4, -0.2) is 42.7 Å². The van der Waals surface area contributed by atoms with Crippen LogP contribution in [-0.2, 0) is 11.3 Å². The Morgan fingerprint density at radius 2 is 2.14 bits per heavy atom. The molecule has 4 heterocycles. The second-order valence-electron chi connectivity index (χ2n) is 6.45. The molecule has 1 N–H and O–H groups in total. The maximum absolute atomic E-state index is 6.07. The molecule has 0 saturated carbocycles. The van der Waals surface area contributed by atoms with Gasteiger partial charge in [0, 0.05) is 31.5 Å². The Morgan fingerprint density at radius 3 is 2.73 bits per heavy atom. The lowest BCUT2D eigenvalue weighted by Gasteiger charge is -2.23. The molecule has 6 heteroatoms. The van der Waals surface area contributed by atoms with E-state index in [0.717, 1.165) is 44.0 Å². The molecule has 22 heavy (non-hydrogen) atoms. The van der Waals surface area contributed by atoms with Gasteiger partial charge in [-0.05, 0) is 52.7 Å². The second kappa shape index (κ2) is 6.13. The number of rotatable bonds is 3. The Bertz CT molecular complexity index is 557. The van der Waals surface area contributed by atoms with Gasteiger partial charge in [-0.25, -0.2) is 4.99 Å². The van der Waals surface area contributed by atoms with Gasteiger partial charge in [-0.1, -0.05) is 0 Å². The summed E-state index contributed by atoms with van der Waals surface area (Å²) in [6, 6.07) is 2.16. The first-order chi connectivity index (χ1) is 10.7. The lowest BCUT2D eigenvalue weighted by atomic mass is 9.82. The number of thiophene rings is 1. The minimum Gasteiger partial charge on any atom is -0.374 e. The topological polar surface area (TPSA) is 36.9 Å². The average Bonchev–Trinajstić information content (AvgIpc) is 3.24. The van der Waals surface area contributed by atoms with E-state index in [2.05, 4.69) is 44.5 Å². The summed E-state index contributed by atoms with van der Waals surface area (Å²) in [4.78, 5) is 7.31. The molecule has 4 rings (SSSR count). The fourth-order valence-electron chi connectivity index (χ4n) is 4.15. The van der Waals surface area contributed by atoms with E-state index in [0.29, 0.717) is 12.2 Å². The molecule has 2 bridgehead atoms. The first-order valence-electron chi connectivity index (χ1n) is 8.16. The fourth-order valence-corrected chi connectivity index (χ4v) is 5.35. The van der Waals surface area contributed by atoms with Gasteiger partial charge >= 0.3 is 0 Å². The van der Waals surface area contributed by atoms with Crippen molar-refractivity contribution in [1.82, 2.24) is 10.2 Å². The highest BCUT2D eigenvalue weighted by Crippen LogP contribution is 2.47. The van der Waals surface area contributed by atoms with Gasteiger partial charge in [0.25, 0.3) is 0 Å². The number of halogens is 1. The number of likely N-dealkylation sites (tertiary alicyclic amines) is 1. The highest BCUT2D eigenvalue weighted by atomic mass is 79.9. The van der Waals surface area contributed by atoms with Gasteiger partial charge in [-0.2, -0.15) is 0 Å². The molecular formula is C16H22BrN3OS. The summed E-state index contributed by atoms with van der Waals surface area (Å²) in [5, 5.41) is 5.64. The Balaban J connectivity index is 1.46. The Morgan fingerprint density at radius 1 is 1.41 bits per heavy atom. The van der Waals surface area contributed by atoms with Crippen molar-refractivity contribution in [2.24, 2.45) is 16.8 Å². The number of fused-ring (bicyclic) bond motifs is 5. The summed E-state index contributed by atoms with van der Waals surface area (Å²) >= 11 is 5.24. The molecule has 4 unspecified atom stereocenters. The Hall–Kier alpha value is -0.590. The lowest BCUT2D eigenvalue weighted by molar-refractivity contribution is 0.0767. The fraction of sp³-hybridized carbons (Fsp3) is 0.688. The van der Waals surface area contributed by atoms with Gasteiger partial charge in [0.2, 0.25) is 0 Å². The van der Waals surface area contributed by atoms with Crippen LogP contribution in [0.4, 0.5) is 0 Å². The monoisotopic (exact) mass is 383 g/mol. The molecule has 3 fully saturated rings. The van der Waals surface area contributed by atoms with E-state index in [4.69, 9.17) is 9.73 Å². The van der Waals surface area contributed by atoms with Gasteiger partial charge in [-0.3, -0.25) is 0 Å². The molecule has 0 spiro atoms. The zero-order chi connectivity index (χ0) is 15.1. The number of ether oxygens (including phenoxy) is 1. The smallest absolute Gasteiger partial charge is 0.194 e. The number of hydrogen-bond donors (Lipinski definition) is 1. The van der Waals surface area contributed by atoms with Gasteiger partial charge < -0.3 is 15.0 Å². The maximum Gasteiger partial charge on any atom is 0.194 e. The molecule has 1 aromatic heterocycles. The highest BCUT2D eigenvalue weighted by Gasteiger charge is 2.53. The zero-order valence-electron chi connectivity index (χ0n) is 12.8. The van der Waals surface area contributed by atoms with Crippen LogP contribution < -0.4 is 5.32 Å². The summed E-state index contributed by atoms with van der Waals surface area (Å²) < 4.78 is 7.24. The van der Waals surface area contributed by atoms with Crippen LogP contribution in [0.1, 0.15) is 25.3 Å². The minimum atomic E-state index is 0.510. The van der Waals surface area contributed by atoms with Crippen molar-refractivity contribution in [3.05, 3.63) is 20.8 Å². The number of hydrogen-bond acceptors (Lipinski definition) is 3. The van der Waals surface area contributed by atoms with Crippen LogP contribution >= 0.6 is 27.3 Å². The summed E-state index contributed by atoms with van der Waals surface area (Å²) in [6.07, 6.45) is 3.54. The third kappa shape index (κ3) is 2.69.